The molecule has 336 valence electrons. The van der Waals surface area contributed by atoms with E-state index in [1.54, 1.807) is 57.2 Å². The Bertz CT molecular complexity index is 2120. The van der Waals surface area contributed by atoms with Gasteiger partial charge in [0.15, 0.2) is 17.5 Å². The minimum atomic E-state index is -2.51. The predicted molar refractivity (Wildman–Crippen MR) is 215 cm³/mol. The maximum atomic E-state index is 15.2. The third kappa shape index (κ3) is 8.12. The van der Waals surface area contributed by atoms with Crippen LogP contribution < -0.4 is 5.32 Å². The number of benzene rings is 2. The summed E-state index contributed by atoms with van der Waals surface area (Å²) in [6.07, 6.45) is -12.6. The summed E-state index contributed by atoms with van der Waals surface area (Å²) in [6.45, 7) is 10.3. The van der Waals surface area contributed by atoms with Gasteiger partial charge in [-0.05, 0) is 51.0 Å². The van der Waals surface area contributed by atoms with Gasteiger partial charge in [0, 0.05) is 37.7 Å². The van der Waals surface area contributed by atoms with Crippen LogP contribution in [-0.4, -0.2) is 123 Å². The van der Waals surface area contributed by atoms with E-state index in [2.05, 4.69) is 5.32 Å². The first-order chi connectivity index (χ1) is 28.9. The number of alkyl carbamates (subject to hydrolysis) is 1. The fraction of sp³-hybridized carbons (Fsp3) is 0.556. The zero-order chi connectivity index (χ0) is 45.7. The van der Waals surface area contributed by atoms with Crippen LogP contribution in [0.2, 0.25) is 0 Å². The third-order valence-corrected chi connectivity index (χ3v) is 12.8. The number of Topliss-reactive ketones (excluding diaryl/α,β-unsaturated/α-hetero) is 1. The molecule has 3 fully saturated rings. The van der Waals surface area contributed by atoms with E-state index in [1.807, 2.05) is 0 Å². The molecule has 1 aliphatic heterocycles. The fourth-order valence-electron chi connectivity index (χ4n) is 9.73. The number of aliphatic hydroxyl groups excluding tert-OH is 3. The Morgan fingerprint density at radius 2 is 1.53 bits per heavy atom. The number of carbonyl (C=O) groups excluding carboxylic acids is 6. The van der Waals surface area contributed by atoms with Crippen LogP contribution in [0.3, 0.4) is 0 Å². The number of esters is 4. The predicted octanol–water partition coefficient (Wildman–Crippen LogP) is 2.80. The zero-order valence-electron chi connectivity index (χ0n) is 35.9. The second-order valence-electron chi connectivity index (χ2n) is 18.2. The van der Waals surface area contributed by atoms with Gasteiger partial charge in [-0.25, -0.2) is 14.4 Å². The average Bonchev–Trinajstić information content (AvgIpc) is 3.19. The standard InChI is InChI=1S/C45H55NO16/c1-23(47)57-21-27-28(59-39(54)34(51)32(25-15-11-9-12-16-25)46-40(55)62-41(3,4)5)20-45(56)37(60-38(53)26-17-13-10-14-18-26)35-43(8,36(52)33(50)31(27)42(45,6)7)29(49)19-30-44(35,22-58-30)61-24(2)48/h9-18,28-30,32-35,37,49-51,56H,19-22H2,1-8H3,(H,46,55)/t28-,29-,30+,32-,33+,34+,35-,37-,43+,44-,45+/m0/s1. The number of rotatable bonds is 10. The van der Waals surface area contributed by atoms with Gasteiger partial charge in [0.25, 0.3) is 0 Å². The number of nitrogens with one attached hydrogen (secondary N) is 1. The summed E-state index contributed by atoms with van der Waals surface area (Å²) in [4.78, 5) is 82.0. The van der Waals surface area contributed by atoms with Gasteiger partial charge in [-0.15, -0.1) is 0 Å². The number of fused-ring (bicyclic) bond motifs is 5. The van der Waals surface area contributed by atoms with Crippen LogP contribution in [0.25, 0.3) is 0 Å². The summed E-state index contributed by atoms with van der Waals surface area (Å²) in [5.74, 6) is -6.60. The van der Waals surface area contributed by atoms with E-state index >= 15 is 4.79 Å². The normalized spacial score (nSPS) is 32.2. The topological polar surface area (TPSA) is 251 Å². The third-order valence-electron chi connectivity index (χ3n) is 12.8. The zero-order valence-corrected chi connectivity index (χ0v) is 35.9. The van der Waals surface area contributed by atoms with Gasteiger partial charge in [-0.1, -0.05) is 62.4 Å². The van der Waals surface area contributed by atoms with Crippen molar-refractivity contribution in [2.24, 2.45) is 16.7 Å². The van der Waals surface area contributed by atoms with Crippen molar-refractivity contribution in [2.45, 2.75) is 128 Å². The molecule has 0 unspecified atom stereocenters. The van der Waals surface area contributed by atoms with Crippen LogP contribution in [-0.2, 0) is 47.6 Å². The maximum absolute atomic E-state index is 15.2. The van der Waals surface area contributed by atoms with Gasteiger partial charge in [0.1, 0.15) is 42.2 Å². The molecular weight excluding hydrogens is 810 g/mol. The Morgan fingerprint density at radius 3 is 2.08 bits per heavy atom. The second kappa shape index (κ2) is 16.8. The number of ketones is 1. The molecule has 3 aliphatic carbocycles. The quantitative estimate of drug-likeness (QED) is 0.131. The molecule has 1 amide bonds. The molecule has 2 aromatic rings. The van der Waals surface area contributed by atoms with Crippen molar-refractivity contribution >= 4 is 35.8 Å². The Balaban J connectivity index is 1.55. The van der Waals surface area contributed by atoms with Crippen LogP contribution >= 0.6 is 0 Å². The van der Waals surface area contributed by atoms with Crippen molar-refractivity contribution in [3.63, 3.8) is 0 Å². The molecule has 17 heteroatoms. The van der Waals surface area contributed by atoms with Crippen LogP contribution in [0.4, 0.5) is 4.79 Å². The van der Waals surface area contributed by atoms with Gasteiger partial charge in [-0.3, -0.25) is 14.4 Å². The van der Waals surface area contributed by atoms with E-state index in [4.69, 9.17) is 28.4 Å². The highest BCUT2D eigenvalue weighted by molar-refractivity contribution is 5.94. The SMILES string of the molecule is CC(=O)OCC1=C2[C@@H](O)C(=O)[C@@]3(C)[C@H]([C@H](OC(=O)c4ccccc4)[C@](O)(C[C@@H]1OC(=O)[C@H](O)[C@@H](NC(=O)OC(C)(C)C)c1ccccc1)C2(C)C)[C@]1(OC(C)=O)CO[C@@H]1C[C@@H]3O. The van der Waals surface area contributed by atoms with E-state index < -0.39 is 125 Å². The van der Waals surface area contributed by atoms with E-state index in [1.165, 1.54) is 45.0 Å². The largest absolute Gasteiger partial charge is 0.461 e. The van der Waals surface area contributed by atoms with E-state index in [0.717, 1.165) is 13.8 Å². The molecular formula is C45H55NO16. The van der Waals surface area contributed by atoms with Crippen LogP contribution in [0.1, 0.15) is 90.2 Å². The summed E-state index contributed by atoms with van der Waals surface area (Å²) >= 11 is 0. The van der Waals surface area contributed by atoms with Gasteiger partial charge < -0.3 is 54.2 Å². The van der Waals surface area contributed by atoms with Crippen LogP contribution in [0.15, 0.2) is 71.8 Å². The van der Waals surface area contributed by atoms with Crippen LogP contribution in [0, 0.1) is 16.7 Å². The van der Waals surface area contributed by atoms with Gasteiger partial charge >= 0.3 is 30.0 Å². The Labute approximate surface area is 358 Å². The number of carbonyl (C=O) groups is 6. The molecule has 6 rings (SSSR count). The summed E-state index contributed by atoms with van der Waals surface area (Å²) in [5, 5.41) is 52.2. The average molecular weight is 866 g/mol. The lowest BCUT2D eigenvalue weighted by Gasteiger charge is -2.67. The molecule has 1 heterocycles. The number of ether oxygens (including phenoxy) is 6. The molecule has 17 nitrogen and oxygen atoms in total. The van der Waals surface area contributed by atoms with Crippen molar-refractivity contribution in [2.75, 3.05) is 13.2 Å². The van der Waals surface area contributed by atoms with Gasteiger partial charge in [0.2, 0.25) is 0 Å². The van der Waals surface area contributed by atoms with E-state index in [-0.39, 0.29) is 35.3 Å². The Kier molecular flexibility index (Phi) is 12.6. The Hall–Kier alpha value is -5.20. The molecule has 62 heavy (non-hydrogen) atoms. The first-order valence-electron chi connectivity index (χ1n) is 20.4. The lowest BCUT2D eigenvalue weighted by atomic mass is 9.44. The molecule has 0 radical (unpaired) electrons. The molecule has 2 bridgehead atoms. The molecule has 4 aliphatic rings. The molecule has 0 aromatic heterocycles. The molecule has 2 aromatic carbocycles. The number of aliphatic hydroxyl groups is 4. The molecule has 5 N–H and O–H groups in total. The number of amides is 1. The van der Waals surface area contributed by atoms with Crippen molar-refractivity contribution in [1.29, 1.82) is 0 Å². The summed E-state index contributed by atoms with van der Waals surface area (Å²) < 4.78 is 35.0. The van der Waals surface area contributed by atoms with Crippen LogP contribution in [0.5, 0.6) is 0 Å². The minimum absolute atomic E-state index is 0.0287. The van der Waals surface area contributed by atoms with Crippen molar-refractivity contribution in [3.05, 3.63) is 82.9 Å². The van der Waals surface area contributed by atoms with E-state index in [0.29, 0.717) is 0 Å². The van der Waals surface area contributed by atoms with Crippen molar-refractivity contribution in [1.82, 2.24) is 5.32 Å². The number of hydrogen-bond acceptors (Lipinski definition) is 16. The van der Waals surface area contributed by atoms with Gasteiger partial charge in [0.05, 0.1) is 35.6 Å². The lowest BCUT2D eigenvalue weighted by molar-refractivity contribution is -0.346. The highest BCUT2D eigenvalue weighted by Gasteiger charge is 2.78. The van der Waals surface area contributed by atoms with Crippen molar-refractivity contribution < 1.29 is 77.6 Å². The fourth-order valence-corrected chi connectivity index (χ4v) is 9.73. The van der Waals surface area contributed by atoms with Crippen molar-refractivity contribution in [3.8, 4) is 0 Å². The highest BCUT2D eigenvalue weighted by Crippen LogP contribution is 2.64. The molecule has 0 spiro atoms. The smallest absolute Gasteiger partial charge is 0.408 e. The molecule has 1 saturated heterocycles. The minimum Gasteiger partial charge on any atom is -0.461 e. The number of hydrogen-bond donors (Lipinski definition) is 5. The molecule has 2 saturated carbocycles. The maximum Gasteiger partial charge on any atom is 0.408 e. The highest BCUT2D eigenvalue weighted by atomic mass is 16.6. The summed E-state index contributed by atoms with van der Waals surface area (Å²) in [5.41, 5.74) is -9.37. The molecule has 11 atom stereocenters. The first kappa shape index (κ1) is 46.3. The Morgan fingerprint density at radius 1 is 0.919 bits per heavy atom. The summed E-state index contributed by atoms with van der Waals surface area (Å²) in [7, 11) is 0. The monoisotopic (exact) mass is 865 g/mol. The lowest BCUT2D eigenvalue weighted by Crippen LogP contribution is -2.81. The van der Waals surface area contributed by atoms with E-state index in [9.17, 15) is 44.4 Å². The van der Waals surface area contributed by atoms with Gasteiger partial charge in [-0.2, -0.15) is 0 Å². The summed E-state index contributed by atoms with van der Waals surface area (Å²) in [6, 6.07) is 14.2. The first-order valence-corrected chi connectivity index (χ1v) is 20.4. The second-order valence-corrected chi connectivity index (χ2v) is 18.2.